The molecule has 0 saturated heterocycles. The SMILES string of the molecule is CCNc1nc(NCCOCCN(C)C)nc(OC)n1. The lowest BCUT2D eigenvalue weighted by Gasteiger charge is -2.11. The average Bonchev–Trinajstić information content (AvgIpc) is 2.42. The largest absolute Gasteiger partial charge is 0.467 e. The van der Waals surface area contributed by atoms with Gasteiger partial charge in [0.05, 0.1) is 20.3 Å². The third kappa shape index (κ3) is 6.48. The second kappa shape index (κ2) is 9.27. The van der Waals surface area contributed by atoms with Gasteiger partial charge in [0.15, 0.2) is 0 Å². The van der Waals surface area contributed by atoms with E-state index in [1.54, 1.807) is 0 Å². The molecule has 0 fully saturated rings. The number of hydrogen-bond donors (Lipinski definition) is 2. The molecular formula is C12H24N6O2. The fourth-order valence-corrected chi connectivity index (χ4v) is 1.35. The van der Waals surface area contributed by atoms with Gasteiger partial charge in [-0.25, -0.2) is 0 Å². The summed E-state index contributed by atoms with van der Waals surface area (Å²) >= 11 is 0. The zero-order valence-electron chi connectivity index (χ0n) is 12.6. The molecule has 0 aliphatic heterocycles. The van der Waals surface area contributed by atoms with Crippen LogP contribution >= 0.6 is 0 Å². The van der Waals surface area contributed by atoms with Crippen molar-refractivity contribution in [2.75, 3.05) is 64.7 Å². The van der Waals surface area contributed by atoms with Gasteiger partial charge in [-0.15, -0.1) is 0 Å². The van der Waals surface area contributed by atoms with Gasteiger partial charge < -0.3 is 25.0 Å². The minimum Gasteiger partial charge on any atom is -0.467 e. The Hall–Kier alpha value is -1.67. The second-order valence-electron chi connectivity index (χ2n) is 4.34. The highest BCUT2D eigenvalue weighted by Gasteiger charge is 2.05. The fourth-order valence-electron chi connectivity index (χ4n) is 1.35. The maximum absolute atomic E-state index is 5.48. The van der Waals surface area contributed by atoms with Crippen molar-refractivity contribution in [3.05, 3.63) is 0 Å². The number of nitrogens with one attached hydrogen (secondary N) is 2. The molecule has 0 bridgehead atoms. The molecule has 1 aromatic rings. The van der Waals surface area contributed by atoms with Crippen LogP contribution in [-0.2, 0) is 4.74 Å². The summed E-state index contributed by atoms with van der Waals surface area (Å²) in [5, 5.41) is 6.11. The first-order chi connectivity index (χ1) is 9.65. The predicted molar refractivity (Wildman–Crippen MR) is 78.4 cm³/mol. The van der Waals surface area contributed by atoms with E-state index in [4.69, 9.17) is 9.47 Å². The first-order valence-corrected chi connectivity index (χ1v) is 6.66. The maximum Gasteiger partial charge on any atom is 0.322 e. The molecule has 8 nitrogen and oxygen atoms in total. The van der Waals surface area contributed by atoms with E-state index in [-0.39, 0.29) is 6.01 Å². The molecule has 0 spiro atoms. The fraction of sp³-hybridized carbons (Fsp3) is 0.750. The Kier molecular flexibility index (Phi) is 7.59. The number of methoxy groups -OCH3 is 1. The highest BCUT2D eigenvalue weighted by molar-refractivity contribution is 5.35. The third-order valence-corrected chi connectivity index (χ3v) is 2.34. The summed E-state index contributed by atoms with van der Waals surface area (Å²) < 4.78 is 10.5. The van der Waals surface area contributed by atoms with Crippen molar-refractivity contribution in [3.63, 3.8) is 0 Å². The normalized spacial score (nSPS) is 10.7. The number of likely N-dealkylation sites (N-methyl/N-ethyl adjacent to an activating group) is 1. The predicted octanol–water partition coefficient (Wildman–Crippen LogP) is 0.302. The third-order valence-electron chi connectivity index (χ3n) is 2.34. The Morgan fingerprint density at radius 1 is 1.05 bits per heavy atom. The van der Waals surface area contributed by atoms with Gasteiger partial charge in [-0.3, -0.25) is 0 Å². The molecule has 0 aliphatic rings. The molecule has 20 heavy (non-hydrogen) atoms. The zero-order chi connectivity index (χ0) is 14.8. The van der Waals surface area contributed by atoms with E-state index in [2.05, 4.69) is 30.5 Å². The van der Waals surface area contributed by atoms with Crippen molar-refractivity contribution < 1.29 is 9.47 Å². The summed E-state index contributed by atoms with van der Waals surface area (Å²) in [5.74, 6) is 0.972. The van der Waals surface area contributed by atoms with Crippen LogP contribution in [0.25, 0.3) is 0 Å². The van der Waals surface area contributed by atoms with Gasteiger partial charge in [0.2, 0.25) is 11.9 Å². The number of anilines is 2. The Labute approximate surface area is 119 Å². The van der Waals surface area contributed by atoms with Crippen molar-refractivity contribution in [1.82, 2.24) is 19.9 Å². The monoisotopic (exact) mass is 284 g/mol. The highest BCUT2D eigenvalue weighted by atomic mass is 16.5. The first kappa shape index (κ1) is 16.4. The molecule has 0 atom stereocenters. The smallest absolute Gasteiger partial charge is 0.322 e. The molecule has 0 unspecified atom stereocenters. The standard InChI is InChI=1S/C12H24N6O2/c1-5-13-10-15-11(17-12(16-10)19-4)14-6-8-20-9-7-18(2)3/h5-9H2,1-4H3,(H2,13,14,15,16,17). The van der Waals surface area contributed by atoms with Crippen LogP contribution in [0.5, 0.6) is 6.01 Å². The summed E-state index contributed by atoms with van der Waals surface area (Å²) in [7, 11) is 5.56. The van der Waals surface area contributed by atoms with E-state index in [1.807, 2.05) is 21.0 Å². The number of hydrogen-bond acceptors (Lipinski definition) is 8. The van der Waals surface area contributed by atoms with Crippen molar-refractivity contribution in [1.29, 1.82) is 0 Å². The summed E-state index contributed by atoms with van der Waals surface area (Å²) in [4.78, 5) is 14.5. The van der Waals surface area contributed by atoms with E-state index in [0.29, 0.717) is 31.7 Å². The number of rotatable bonds is 10. The minimum atomic E-state index is 0.284. The Morgan fingerprint density at radius 2 is 1.75 bits per heavy atom. The van der Waals surface area contributed by atoms with Crippen LogP contribution < -0.4 is 15.4 Å². The molecule has 1 heterocycles. The molecule has 0 aliphatic carbocycles. The quantitative estimate of drug-likeness (QED) is 0.594. The maximum atomic E-state index is 5.48. The first-order valence-electron chi connectivity index (χ1n) is 6.66. The van der Waals surface area contributed by atoms with Gasteiger partial charge >= 0.3 is 6.01 Å². The van der Waals surface area contributed by atoms with Crippen molar-refractivity contribution in [3.8, 4) is 6.01 Å². The van der Waals surface area contributed by atoms with Crippen molar-refractivity contribution in [2.24, 2.45) is 0 Å². The van der Waals surface area contributed by atoms with E-state index >= 15 is 0 Å². The summed E-state index contributed by atoms with van der Waals surface area (Å²) in [6.07, 6.45) is 0. The molecule has 8 heteroatoms. The molecular weight excluding hydrogens is 260 g/mol. The van der Waals surface area contributed by atoms with Crippen LogP contribution in [0.4, 0.5) is 11.9 Å². The topological polar surface area (TPSA) is 84.4 Å². The van der Waals surface area contributed by atoms with Crippen molar-refractivity contribution in [2.45, 2.75) is 6.92 Å². The molecule has 0 saturated carbocycles. The zero-order valence-corrected chi connectivity index (χ0v) is 12.6. The van der Waals surface area contributed by atoms with Gasteiger partial charge in [0.25, 0.3) is 0 Å². The van der Waals surface area contributed by atoms with Gasteiger partial charge in [-0.05, 0) is 21.0 Å². The Morgan fingerprint density at radius 3 is 2.35 bits per heavy atom. The number of aromatic nitrogens is 3. The molecule has 1 aromatic heterocycles. The van der Waals surface area contributed by atoms with Gasteiger partial charge in [-0.2, -0.15) is 15.0 Å². The molecule has 1 rings (SSSR count). The molecule has 2 N–H and O–H groups in total. The minimum absolute atomic E-state index is 0.284. The van der Waals surface area contributed by atoms with Gasteiger partial charge in [-0.1, -0.05) is 0 Å². The lowest BCUT2D eigenvalue weighted by molar-refractivity contribution is 0.126. The van der Waals surface area contributed by atoms with E-state index in [0.717, 1.165) is 13.1 Å². The second-order valence-corrected chi connectivity index (χ2v) is 4.34. The van der Waals surface area contributed by atoms with E-state index in [9.17, 15) is 0 Å². The van der Waals surface area contributed by atoms with Crippen LogP contribution in [-0.4, -0.2) is 73.9 Å². The van der Waals surface area contributed by atoms with Crippen LogP contribution in [0.15, 0.2) is 0 Å². The molecule has 0 radical (unpaired) electrons. The molecule has 0 amide bonds. The number of ether oxygens (including phenoxy) is 2. The van der Waals surface area contributed by atoms with E-state index < -0.39 is 0 Å². The summed E-state index contributed by atoms with van der Waals surface area (Å²) in [6, 6.07) is 0.284. The van der Waals surface area contributed by atoms with Crippen LogP contribution in [0.2, 0.25) is 0 Å². The van der Waals surface area contributed by atoms with Crippen LogP contribution in [0.3, 0.4) is 0 Å². The highest BCUT2D eigenvalue weighted by Crippen LogP contribution is 2.10. The summed E-state index contributed by atoms with van der Waals surface area (Å²) in [6.45, 7) is 5.55. The lowest BCUT2D eigenvalue weighted by Crippen LogP contribution is -2.20. The lowest BCUT2D eigenvalue weighted by atomic mass is 10.6. The molecule has 114 valence electrons. The van der Waals surface area contributed by atoms with Crippen LogP contribution in [0, 0.1) is 0 Å². The Balaban J connectivity index is 2.36. The summed E-state index contributed by atoms with van der Waals surface area (Å²) in [5.41, 5.74) is 0. The Bertz CT molecular complexity index is 388. The van der Waals surface area contributed by atoms with Gasteiger partial charge in [0.1, 0.15) is 0 Å². The van der Waals surface area contributed by atoms with Gasteiger partial charge in [0, 0.05) is 19.6 Å². The van der Waals surface area contributed by atoms with E-state index in [1.165, 1.54) is 7.11 Å². The molecule has 0 aromatic carbocycles. The average molecular weight is 284 g/mol. The number of nitrogens with zero attached hydrogens (tertiary/aromatic N) is 4. The van der Waals surface area contributed by atoms with Crippen LogP contribution in [0.1, 0.15) is 6.92 Å². The van der Waals surface area contributed by atoms with Crippen molar-refractivity contribution >= 4 is 11.9 Å².